The maximum absolute atomic E-state index is 14.0. The summed E-state index contributed by atoms with van der Waals surface area (Å²) in [5, 5.41) is 8.83. The van der Waals surface area contributed by atoms with Crippen LogP contribution in [-0.2, 0) is 19.4 Å². The van der Waals surface area contributed by atoms with Crippen LogP contribution in [0.3, 0.4) is 0 Å². The molecule has 2 aliphatic rings. The first-order valence-electron chi connectivity index (χ1n) is 6.54. The Morgan fingerprint density at radius 2 is 1.75 bits per heavy atom. The van der Waals surface area contributed by atoms with Gasteiger partial charge in [-0.05, 0) is 12.8 Å². The number of carbonyl (C=O) groups excluding carboxylic acids is 1. The summed E-state index contributed by atoms with van der Waals surface area (Å²) >= 11 is 0. The average Bonchev–Trinajstić information content (AvgIpc) is 2.95. The molecule has 1 saturated heterocycles. The largest absolute Gasteiger partial charge is 0.479 e. The van der Waals surface area contributed by atoms with Crippen LogP contribution in [0.5, 0.6) is 0 Å². The minimum atomic E-state index is -3.62. The number of alkyl halides is 1. The second-order valence-electron chi connectivity index (χ2n) is 5.72. The predicted octanol–water partition coefficient (Wildman–Crippen LogP) is 0.369. The van der Waals surface area contributed by atoms with Crippen molar-refractivity contribution in [3.63, 3.8) is 0 Å². The van der Waals surface area contributed by atoms with Crippen molar-refractivity contribution in [2.24, 2.45) is 0 Å². The molecule has 2 rings (SSSR count). The highest BCUT2D eigenvalue weighted by Gasteiger charge is 2.55. The van der Waals surface area contributed by atoms with E-state index in [0.29, 0.717) is 12.8 Å². The molecular formula is C12H18FNO5S. The Bertz CT molecular complexity index is 540. The first-order valence-corrected chi connectivity index (χ1v) is 8.43. The highest BCUT2D eigenvalue weighted by molar-refractivity contribution is 7.92. The first-order chi connectivity index (χ1) is 9.12. The molecule has 20 heavy (non-hydrogen) atoms. The number of rotatable bonds is 3. The van der Waals surface area contributed by atoms with Crippen molar-refractivity contribution in [3.05, 3.63) is 0 Å². The summed E-state index contributed by atoms with van der Waals surface area (Å²) in [4.78, 5) is 24.4. The zero-order chi connectivity index (χ0) is 15.2. The van der Waals surface area contributed by atoms with Crippen molar-refractivity contribution in [2.45, 2.75) is 42.5 Å². The van der Waals surface area contributed by atoms with E-state index >= 15 is 0 Å². The summed E-state index contributed by atoms with van der Waals surface area (Å²) in [5.74, 6) is -2.24. The van der Waals surface area contributed by atoms with Gasteiger partial charge in [-0.2, -0.15) is 0 Å². The SMILES string of the molecule is CS(=O)(=O)C1(C(=O)N2CCC(F)(C(=O)O)C2)CCCC1. The van der Waals surface area contributed by atoms with Gasteiger partial charge in [0.1, 0.15) is 0 Å². The zero-order valence-electron chi connectivity index (χ0n) is 11.3. The van der Waals surface area contributed by atoms with Crippen molar-refractivity contribution < 1.29 is 27.5 Å². The lowest BCUT2D eigenvalue weighted by molar-refractivity contribution is -0.150. The molecule has 0 radical (unpaired) electrons. The van der Waals surface area contributed by atoms with E-state index in [1.807, 2.05) is 0 Å². The molecule has 1 atom stereocenters. The second kappa shape index (κ2) is 4.68. The predicted molar refractivity (Wildman–Crippen MR) is 68.7 cm³/mol. The van der Waals surface area contributed by atoms with Crippen LogP contribution < -0.4 is 0 Å². The van der Waals surface area contributed by atoms with Gasteiger partial charge in [0.05, 0.1) is 6.54 Å². The topological polar surface area (TPSA) is 91.8 Å². The Kier molecular flexibility index (Phi) is 3.56. The van der Waals surface area contributed by atoms with E-state index in [2.05, 4.69) is 0 Å². The third kappa shape index (κ3) is 2.19. The highest BCUT2D eigenvalue weighted by Crippen LogP contribution is 2.40. The van der Waals surface area contributed by atoms with E-state index in [4.69, 9.17) is 5.11 Å². The number of carboxylic acid groups (broad SMARTS) is 1. The lowest BCUT2D eigenvalue weighted by Gasteiger charge is -2.30. The zero-order valence-corrected chi connectivity index (χ0v) is 12.1. The smallest absolute Gasteiger partial charge is 0.343 e. The van der Waals surface area contributed by atoms with E-state index < -0.39 is 38.7 Å². The number of carboxylic acids is 1. The number of halogens is 1. The van der Waals surface area contributed by atoms with Gasteiger partial charge >= 0.3 is 5.97 Å². The van der Waals surface area contributed by atoms with Gasteiger partial charge in [0.25, 0.3) is 0 Å². The Balaban J connectivity index is 2.26. The molecule has 0 aromatic rings. The number of amides is 1. The molecule has 1 N–H and O–H groups in total. The standard InChI is InChI=1S/C12H18FNO5S/c1-20(18,19)12(4-2-3-5-12)9(15)14-7-6-11(13,8-14)10(16)17/h2-8H2,1H3,(H,16,17). The molecule has 0 spiro atoms. The van der Waals surface area contributed by atoms with Gasteiger partial charge < -0.3 is 10.0 Å². The fourth-order valence-corrected chi connectivity index (χ4v) is 4.57. The molecule has 0 aromatic carbocycles. The summed E-state index contributed by atoms with van der Waals surface area (Å²) in [5.41, 5.74) is -2.47. The molecule has 1 saturated carbocycles. The van der Waals surface area contributed by atoms with Crippen LogP contribution in [0.1, 0.15) is 32.1 Å². The Morgan fingerprint density at radius 1 is 1.20 bits per heavy atom. The lowest BCUT2D eigenvalue weighted by atomic mass is 10.0. The molecule has 2 fully saturated rings. The van der Waals surface area contributed by atoms with Gasteiger partial charge in [0.15, 0.2) is 14.6 Å². The van der Waals surface area contributed by atoms with Gasteiger partial charge in [-0.25, -0.2) is 17.6 Å². The molecule has 8 heteroatoms. The lowest BCUT2D eigenvalue weighted by Crippen LogP contribution is -2.52. The summed E-state index contributed by atoms with van der Waals surface area (Å²) in [6, 6.07) is 0. The Morgan fingerprint density at radius 3 is 2.15 bits per heavy atom. The molecule has 0 bridgehead atoms. The van der Waals surface area contributed by atoms with E-state index in [1.165, 1.54) is 0 Å². The van der Waals surface area contributed by atoms with E-state index in [-0.39, 0.29) is 25.8 Å². The minimum absolute atomic E-state index is 0.0566. The van der Waals surface area contributed by atoms with Gasteiger partial charge in [0, 0.05) is 19.2 Å². The molecule has 1 aliphatic heterocycles. The minimum Gasteiger partial charge on any atom is -0.479 e. The van der Waals surface area contributed by atoms with Crippen LogP contribution in [0.25, 0.3) is 0 Å². The summed E-state index contributed by atoms with van der Waals surface area (Å²) in [6.45, 7) is -0.628. The van der Waals surface area contributed by atoms with Gasteiger partial charge in [-0.1, -0.05) is 12.8 Å². The van der Waals surface area contributed by atoms with E-state index in [1.54, 1.807) is 0 Å². The van der Waals surface area contributed by atoms with Gasteiger partial charge in [0.2, 0.25) is 11.6 Å². The number of likely N-dealkylation sites (tertiary alicyclic amines) is 1. The van der Waals surface area contributed by atoms with Gasteiger partial charge in [-0.15, -0.1) is 0 Å². The maximum atomic E-state index is 14.0. The van der Waals surface area contributed by atoms with Crippen LogP contribution in [0.15, 0.2) is 0 Å². The fraction of sp³-hybridized carbons (Fsp3) is 0.833. The number of hydrogen-bond acceptors (Lipinski definition) is 4. The normalized spacial score (nSPS) is 29.6. The van der Waals surface area contributed by atoms with Crippen molar-refractivity contribution in [2.75, 3.05) is 19.3 Å². The molecule has 1 heterocycles. The van der Waals surface area contributed by atoms with Crippen LogP contribution in [0.2, 0.25) is 0 Å². The number of nitrogens with zero attached hydrogens (tertiary/aromatic N) is 1. The summed E-state index contributed by atoms with van der Waals surface area (Å²) in [7, 11) is -3.62. The van der Waals surface area contributed by atoms with Crippen LogP contribution in [0.4, 0.5) is 4.39 Å². The molecule has 6 nitrogen and oxygen atoms in total. The summed E-state index contributed by atoms with van der Waals surface area (Å²) < 4.78 is 36.5. The number of hydrogen-bond donors (Lipinski definition) is 1. The molecular weight excluding hydrogens is 289 g/mol. The van der Waals surface area contributed by atoms with Crippen LogP contribution >= 0.6 is 0 Å². The van der Waals surface area contributed by atoms with Crippen molar-refractivity contribution in [3.8, 4) is 0 Å². The van der Waals surface area contributed by atoms with Crippen LogP contribution in [-0.4, -0.2) is 60.1 Å². The quantitative estimate of drug-likeness (QED) is 0.813. The number of carbonyl (C=O) groups is 2. The first kappa shape index (κ1) is 15.2. The average molecular weight is 307 g/mol. The van der Waals surface area contributed by atoms with E-state index in [9.17, 15) is 22.4 Å². The van der Waals surface area contributed by atoms with Crippen molar-refractivity contribution in [1.29, 1.82) is 0 Å². The molecule has 1 unspecified atom stereocenters. The monoisotopic (exact) mass is 307 g/mol. The number of aliphatic carboxylic acids is 1. The molecule has 114 valence electrons. The highest BCUT2D eigenvalue weighted by atomic mass is 32.2. The maximum Gasteiger partial charge on any atom is 0.343 e. The third-order valence-electron chi connectivity index (χ3n) is 4.40. The summed E-state index contributed by atoms with van der Waals surface area (Å²) in [6.07, 6.45) is 2.44. The van der Waals surface area contributed by atoms with Gasteiger partial charge in [-0.3, -0.25) is 4.79 Å². The fourth-order valence-electron chi connectivity index (χ4n) is 3.10. The third-order valence-corrected chi connectivity index (χ3v) is 6.40. The second-order valence-corrected chi connectivity index (χ2v) is 8.05. The van der Waals surface area contributed by atoms with Crippen molar-refractivity contribution in [1.82, 2.24) is 4.90 Å². The Labute approximate surface area is 116 Å². The van der Waals surface area contributed by atoms with Crippen LogP contribution in [0, 0.1) is 0 Å². The van der Waals surface area contributed by atoms with Crippen molar-refractivity contribution >= 4 is 21.7 Å². The van der Waals surface area contributed by atoms with E-state index in [0.717, 1.165) is 11.2 Å². The molecule has 1 amide bonds. The molecule has 1 aliphatic carbocycles. The molecule has 0 aromatic heterocycles. The number of sulfone groups is 1. The Hall–Kier alpha value is -1.18.